The largest absolute Gasteiger partial charge is 0.396 e. The number of aromatic nitrogens is 2. The third-order valence-electron chi connectivity index (χ3n) is 2.15. The Bertz CT molecular complexity index is 488. The van der Waals surface area contributed by atoms with E-state index in [1.54, 1.807) is 7.05 Å². The van der Waals surface area contributed by atoms with Gasteiger partial charge in [0.2, 0.25) is 10.0 Å². The minimum atomic E-state index is -3.32. The molecule has 0 aliphatic rings. The Morgan fingerprint density at radius 2 is 2.24 bits per heavy atom. The summed E-state index contributed by atoms with van der Waals surface area (Å²) >= 11 is 0. The van der Waals surface area contributed by atoms with E-state index in [2.05, 4.69) is 15.1 Å². The van der Waals surface area contributed by atoms with Crippen LogP contribution in [0.5, 0.6) is 0 Å². The molecule has 0 saturated carbocycles. The summed E-state index contributed by atoms with van der Waals surface area (Å²) in [4.78, 5) is 11.7. The van der Waals surface area contributed by atoms with Gasteiger partial charge in [0, 0.05) is 13.6 Å². The summed E-state index contributed by atoms with van der Waals surface area (Å²) in [6.07, 6.45) is 1.36. The number of nitrogens with one attached hydrogen (secondary N) is 2. The summed E-state index contributed by atoms with van der Waals surface area (Å²) in [6, 6.07) is 0. The summed E-state index contributed by atoms with van der Waals surface area (Å²) in [5, 5.41) is 6.27. The van der Waals surface area contributed by atoms with Gasteiger partial charge in [0.05, 0.1) is 17.6 Å². The molecule has 0 spiro atoms. The Kier molecular flexibility index (Phi) is 4.07. The first-order chi connectivity index (χ1) is 7.87. The van der Waals surface area contributed by atoms with E-state index in [-0.39, 0.29) is 23.7 Å². The van der Waals surface area contributed by atoms with E-state index in [1.165, 1.54) is 17.9 Å². The lowest BCUT2D eigenvalue weighted by molar-refractivity contribution is 0.0947. The molecular weight excluding hydrogens is 246 g/mol. The van der Waals surface area contributed by atoms with Gasteiger partial charge < -0.3 is 11.1 Å². The highest BCUT2D eigenvalue weighted by Gasteiger charge is 2.15. The van der Waals surface area contributed by atoms with Crippen molar-refractivity contribution in [2.75, 3.05) is 25.1 Å². The van der Waals surface area contributed by atoms with Crippen LogP contribution >= 0.6 is 0 Å². The van der Waals surface area contributed by atoms with Crippen molar-refractivity contribution in [1.29, 1.82) is 0 Å². The maximum atomic E-state index is 11.7. The van der Waals surface area contributed by atoms with Gasteiger partial charge >= 0.3 is 0 Å². The Labute approximate surface area is 99.2 Å². The quantitative estimate of drug-likeness (QED) is 0.582. The topological polar surface area (TPSA) is 119 Å². The second-order valence-electron chi connectivity index (χ2n) is 3.35. The van der Waals surface area contributed by atoms with Gasteiger partial charge in [-0.25, -0.2) is 13.1 Å². The van der Waals surface area contributed by atoms with Crippen molar-refractivity contribution in [2.45, 2.75) is 0 Å². The molecule has 17 heavy (non-hydrogen) atoms. The number of nitrogens with two attached hydrogens (primary N) is 1. The first kappa shape index (κ1) is 13.5. The summed E-state index contributed by atoms with van der Waals surface area (Å²) < 4.78 is 25.7. The second kappa shape index (κ2) is 5.15. The van der Waals surface area contributed by atoms with E-state index in [1.807, 2.05) is 0 Å². The Morgan fingerprint density at radius 3 is 2.71 bits per heavy atom. The van der Waals surface area contributed by atoms with Crippen LogP contribution in [0.3, 0.4) is 0 Å². The number of sulfonamides is 1. The number of nitrogen functional groups attached to an aromatic ring is 1. The van der Waals surface area contributed by atoms with E-state index in [0.29, 0.717) is 0 Å². The summed E-state index contributed by atoms with van der Waals surface area (Å²) in [6.45, 7) is 0.00657. The number of nitrogens with zero attached hydrogens (tertiary/aromatic N) is 2. The van der Waals surface area contributed by atoms with Crippen molar-refractivity contribution in [1.82, 2.24) is 19.8 Å². The molecule has 1 rings (SSSR count). The first-order valence-electron chi connectivity index (χ1n) is 4.84. The Balaban J connectivity index is 2.58. The second-order valence-corrected chi connectivity index (χ2v) is 5.40. The molecule has 0 unspecified atom stereocenters. The van der Waals surface area contributed by atoms with Gasteiger partial charge in [-0.1, -0.05) is 0 Å². The molecule has 1 amide bonds. The number of carbonyl (C=O) groups excluding carboxylic acids is 1. The predicted octanol–water partition coefficient (Wildman–Crippen LogP) is -1.72. The van der Waals surface area contributed by atoms with Crippen LogP contribution in [0.4, 0.5) is 5.69 Å². The van der Waals surface area contributed by atoms with E-state index in [4.69, 9.17) is 5.73 Å². The maximum Gasteiger partial charge on any atom is 0.271 e. The average molecular weight is 261 g/mol. The van der Waals surface area contributed by atoms with E-state index in [9.17, 15) is 13.2 Å². The highest BCUT2D eigenvalue weighted by molar-refractivity contribution is 7.89. The Morgan fingerprint density at radius 1 is 1.59 bits per heavy atom. The molecule has 0 radical (unpaired) electrons. The van der Waals surface area contributed by atoms with Gasteiger partial charge in [-0.2, -0.15) is 5.10 Å². The Hall–Kier alpha value is -1.61. The summed E-state index contributed by atoms with van der Waals surface area (Å²) in [5.74, 6) is -0.638. The van der Waals surface area contributed by atoms with Gasteiger partial charge in [-0.15, -0.1) is 0 Å². The number of aryl methyl sites for hydroxylation is 1. The zero-order valence-corrected chi connectivity index (χ0v) is 10.4. The van der Waals surface area contributed by atoms with Crippen molar-refractivity contribution < 1.29 is 13.2 Å². The van der Waals surface area contributed by atoms with E-state index < -0.39 is 15.9 Å². The molecule has 96 valence electrons. The lowest BCUT2D eigenvalue weighted by Gasteiger charge is -2.06. The fourth-order valence-electron chi connectivity index (χ4n) is 1.22. The van der Waals surface area contributed by atoms with E-state index in [0.717, 1.165) is 0 Å². The first-order valence-corrected chi connectivity index (χ1v) is 6.49. The van der Waals surface area contributed by atoms with Crippen molar-refractivity contribution >= 4 is 21.6 Å². The van der Waals surface area contributed by atoms with Gasteiger partial charge in [0.25, 0.3) is 5.91 Å². The zero-order chi connectivity index (χ0) is 13.1. The molecule has 0 saturated heterocycles. The van der Waals surface area contributed by atoms with Gasteiger partial charge in [0.1, 0.15) is 5.69 Å². The van der Waals surface area contributed by atoms with Crippen molar-refractivity contribution in [3.63, 3.8) is 0 Å². The van der Waals surface area contributed by atoms with Crippen LogP contribution in [0, 0.1) is 0 Å². The molecule has 0 bridgehead atoms. The van der Waals surface area contributed by atoms with Crippen molar-refractivity contribution in [3.8, 4) is 0 Å². The molecule has 9 heteroatoms. The number of hydrogen-bond acceptors (Lipinski definition) is 5. The number of amides is 1. The fraction of sp³-hybridized carbons (Fsp3) is 0.500. The monoisotopic (exact) mass is 261 g/mol. The lowest BCUT2D eigenvalue weighted by Crippen LogP contribution is -2.34. The third kappa shape index (κ3) is 3.43. The smallest absolute Gasteiger partial charge is 0.271 e. The summed E-state index contributed by atoms with van der Waals surface area (Å²) in [7, 11) is -0.428. The maximum absolute atomic E-state index is 11.7. The van der Waals surface area contributed by atoms with Crippen LogP contribution in [0.25, 0.3) is 0 Å². The standard InChI is InChI=1S/C8H15N5O3S/c1-10-17(15,16)4-3-11-8(14)7-6(9)5-12-13(7)2/h5,10H,3-4,9H2,1-2H3,(H,11,14). The van der Waals surface area contributed by atoms with Crippen LogP contribution in [-0.2, 0) is 17.1 Å². The fourth-order valence-corrected chi connectivity index (χ4v) is 1.79. The number of anilines is 1. The zero-order valence-electron chi connectivity index (χ0n) is 9.60. The normalized spacial score (nSPS) is 11.4. The van der Waals surface area contributed by atoms with Crippen molar-refractivity contribution in [3.05, 3.63) is 11.9 Å². The number of rotatable bonds is 5. The molecular formula is C8H15N5O3S. The minimum Gasteiger partial charge on any atom is -0.396 e. The highest BCUT2D eigenvalue weighted by Crippen LogP contribution is 2.08. The molecule has 0 aliphatic heterocycles. The van der Waals surface area contributed by atoms with E-state index >= 15 is 0 Å². The highest BCUT2D eigenvalue weighted by atomic mass is 32.2. The third-order valence-corrected chi connectivity index (χ3v) is 3.51. The molecule has 0 aromatic carbocycles. The number of hydrogen-bond donors (Lipinski definition) is 3. The molecule has 1 heterocycles. The molecule has 0 aliphatic carbocycles. The van der Waals surface area contributed by atoms with Crippen LogP contribution in [0.1, 0.15) is 10.5 Å². The molecule has 8 nitrogen and oxygen atoms in total. The van der Waals surface area contributed by atoms with Crippen molar-refractivity contribution in [2.24, 2.45) is 7.05 Å². The minimum absolute atomic E-state index is 0.00657. The summed E-state index contributed by atoms with van der Waals surface area (Å²) in [5.41, 5.74) is 6.02. The van der Waals surface area contributed by atoms with Gasteiger partial charge in [-0.05, 0) is 7.05 Å². The molecule has 0 atom stereocenters. The molecule has 1 aromatic heterocycles. The average Bonchev–Trinajstić information content (AvgIpc) is 2.58. The van der Waals surface area contributed by atoms with Crippen LogP contribution in [0.15, 0.2) is 6.20 Å². The lowest BCUT2D eigenvalue weighted by atomic mass is 10.3. The molecule has 4 N–H and O–H groups in total. The molecule has 1 aromatic rings. The van der Waals surface area contributed by atoms with Crippen LogP contribution in [-0.4, -0.2) is 43.5 Å². The van der Waals surface area contributed by atoms with Crippen LogP contribution < -0.4 is 15.8 Å². The molecule has 0 fully saturated rings. The number of carbonyl (C=O) groups is 1. The van der Waals surface area contributed by atoms with Gasteiger partial charge in [-0.3, -0.25) is 9.48 Å². The SMILES string of the molecule is CNS(=O)(=O)CCNC(=O)c1c(N)cnn1C. The predicted molar refractivity (Wildman–Crippen MR) is 62.8 cm³/mol. The van der Waals surface area contributed by atoms with Crippen LogP contribution in [0.2, 0.25) is 0 Å². The van der Waals surface area contributed by atoms with Gasteiger partial charge in [0.15, 0.2) is 0 Å².